The smallest absolute Gasteiger partial charge is 0.247 e. The number of hydrogen-bond acceptors (Lipinski definition) is 4. The van der Waals surface area contributed by atoms with Crippen molar-refractivity contribution < 1.29 is 14.7 Å². The van der Waals surface area contributed by atoms with Gasteiger partial charge >= 0.3 is 0 Å². The zero-order valence-corrected chi connectivity index (χ0v) is 23.0. The van der Waals surface area contributed by atoms with Crippen LogP contribution < -0.4 is 10.6 Å². The minimum Gasteiger partial charge on any atom is -0.381 e. The maximum atomic E-state index is 14.1. The van der Waals surface area contributed by atoms with Gasteiger partial charge in [-0.1, -0.05) is 68.0 Å². The number of aromatic nitrogens is 1. The predicted octanol–water partition coefficient (Wildman–Crippen LogP) is 4.42. The number of para-hydroxylation sites is 2. The highest BCUT2D eigenvalue weighted by Crippen LogP contribution is 2.51. The largest absolute Gasteiger partial charge is 0.381 e. The van der Waals surface area contributed by atoms with Gasteiger partial charge in [0, 0.05) is 46.1 Å². The van der Waals surface area contributed by atoms with Gasteiger partial charge in [-0.25, -0.2) is 0 Å². The van der Waals surface area contributed by atoms with Crippen molar-refractivity contribution in [2.24, 2.45) is 0 Å². The van der Waals surface area contributed by atoms with E-state index in [1.807, 2.05) is 48.5 Å². The number of aliphatic hydroxyl groups is 1. The molecule has 2 saturated heterocycles. The van der Waals surface area contributed by atoms with Crippen molar-refractivity contribution in [3.63, 3.8) is 0 Å². The molecule has 4 heterocycles. The Morgan fingerprint density at radius 3 is 2.67 bits per heavy atom. The normalized spacial score (nSPS) is 25.6. The number of rotatable bonds is 6. The molecule has 2 aromatic carbocycles. The summed E-state index contributed by atoms with van der Waals surface area (Å²) < 4.78 is 0. The van der Waals surface area contributed by atoms with Gasteiger partial charge in [0.05, 0.1) is 0 Å². The Morgan fingerprint density at radius 1 is 1.15 bits per heavy atom. The molecule has 0 aliphatic carbocycles. The average Bonchev–Trinajstić information content (AvgIpc) is 3.52. The Hall–Kier alpha value is -3.84. The topological polar surface area (TPSA) is 97.5 Å². The first-order chi connectivity index (χ1) is 18.5. The molecule has 4 atom stereocenters. The summed E-state index contributed by atoms with van der Waals surface area (Å²) in [5, 5.41) is 19.4. The third-order valence-corrected chi connectivity index (χ3v) is 8.75. The van der Waals surface area contributed by atoms with Crippen LogP contribution in [0.25, 0.3) is 10.9 Å². The molecule has 6 rings (SSSR count). The van der Waals surface area contributed by atoms with Crippen LogP contribution in [0.15, 0.2) is 66.8 Å². The van der Waals surface area contributed by atoms with Crippen LogP contribution in [0.3, 0.4) is 0 Å². The van der Waals surface area contributed by atoms with Crippen LogP contribution in [0.5, 0.6) is 0 Å². The summed E-state index contributed by atoms with van der Waals surface area (Å²) in [4.78, 5) is 32.6. The van der Waals surface area contributed by atoms with Gasteiger partial charge in [0.1, 0.15) is 23.9 Å². The molecule has 0 spiro atoms. The first-order valence-electron chi connectivity index (χ1n) is 13.7. The first-order valence-corrected chi connectivity index (χ1v) is 13.7. The quantitative estimate of drug-likeness (QED) is 0.359. The van der Waals surface area contributed by atoms with Crippen LogP contribution >= 0.6 is 0 Å². The summed E-state index contributed by atoms with van der Waals surface area (Å²) in [6.07, 6.45) is 4.58. The molecule has 0 bridgehead atoms. The second-order valence-electron chi connectivity index (χ2n) is 12.0. The molecule has 39 heavy (non-hydrogen) atoms. The fourth-order valence-electron chi connectivity index (χ4n) is 6.53. The minimum atomic E-state index is -1.33. The Labute approximate surface area is 229 Å². The fraction of sp³-hybridized carbons (Fsp3) is 0.375. The summed E-state index contributed by atoms with van der Waals surface area (Å²) in [6, 6.07) is 12.4. The van der Waals surface area contributed by atoms with Crippen molar-refractivity contribution in [2.45, 2.75) is 76.2 Å². The molecular formula is C32H36N4O3. The van der Waals surface area contributed by atoms with E-state index < -0.39 is 23.9 Å². The number of carbonyl (C=O) groups excluding carboxylic acids is 2. The number of aromatic amines is 1. The van der Waals surface area contributed by atoms with Crippen molar-refractivity contribution >= 4 is 28.4 Å². The van der Waals surface area contributed by atoms with E-state index in [0.29, 0.717) is 6.42 Å². The van der Waals surface area contributed by atoms with Gasteiger partial charge in [0.2, 0.25) is 11.8 Å². The first kappa shape index (κ1) is 25.4. The number of hydrogen-bond donors (Lipinski definition) is 4. The van der Waals surface area contributed by atoms with Gasteiger partial charge in [-0.05, 0) is 37.5 Å². The van der Waals surface area contributed by atoms with Crippen molar-refractivity contribution in [1.82, 2.24) is 15.2 Å². The number of anilines is 1. The molecule has 7 nitrogen and oxygen atoms in total. The maximum Gasteiger partial charge on any atom is 0.247 e. The summed E-state index contributed by atoms with van der Waals surface area (Å²) in [6.45, 7) is 12.3. The van der Waals surface area contributed by atoms with Gasteiger partial charge in [0.15, 0.2) is 0 Å². The summed E-state index contributed by atoms with van der Waals surface area (Å²) >= 11 is 0. The predicted molar refractivity (Wildman–Crippen MR) is 153 cm³/mol. The van der Waals surface area contributed by atoms with Crippen molar-refractivity contribution in [3.05, 3.63) is 89.2 Å². The third kappa shape index (κ3) is 3.82. The number of H-pyrrole nitrogens is 1. The van der Waals surface area contributed by atoms with Crippen LogP contribution in [-0.4, -0.2) is 45.1 Å². The molecule has 2 amide bonds. The SMILES string of the molecule is C=CC(C)(C)c1[nH]c2ccccc2c1CC1NC(=O)C2CC3(O)c4cccc(CC=C(C)C)c4NC3N2C1=O. The van der Waals surface area contributed by atoms with E-state index in [2.05, 4.69) is 56.0 Å². The Kier molecular flexibility index (Phi) is 5.77. The van der Waals surface area contributed by atoms with Crippen molar-refractivity contribution in [2.75, 3.05) is 5.32 Å². The number of nitrogens with one attached hydrogen (secondary N) is 3. The molecule has 3 aliphatic heterocycles. The fourth-order valence-corrected chi connectivity index (χ4v) is 6.53. The lowest BCUT2D eigenvalue weighted by molar-refractivity contribution is -0.149. The molecule has 4 N–H and O–H groups in total. The summed E-state index contributed by atoms with van der Waals surface area (Å²) in [5.74, 6) is -0.407. The third-order valence-electron chi connectivity index (χ3n) is 8.75. The number of fused-ring (bicyclic) bond motifs is 6. The molecule has 0 radical (unpaired) electrons. The van der Waals surface area contributed by atoms with E-state index in [-0.39, 0.29) is 23.7 Å². The molecule has 3 aromatic rings. The number of nitrogens with zero attached hydrogens (tertiary/aromatic N) is 1. The lowest BCUT2D eigenvalue weighted by Gasteiger charge is -2.38. The summed E-state index contributed by atoms with van der Waals surface area (Å²) in [5.41, 5.74) is 5.17. The van der Waals surface area contributed by atoms with Crippen LogP contribution in [-0.2, 0) is 33.4 Å². The molecule has 4 unspecified atom stereocenters. The maximum absolute atomic E-state index is 14.1. The average molecular weight is 525 g/mol. The zero-order valence-electron chi connectivity index (χ0n) is 23.0. The highest BCUT2D eigenvalue weighted by atomic mass is 16.3. The zero-order chi connectivity index (χ0) is 27.7. The van der Waals surface area contributed by atoms with Gasteiger partial charge < -0.3 is 25.6 Å². The van der Waals surface area contributed by atoms with E-state index in [4.69, 9.17) is 0 Å². The molecule has 3 aliphatic rings. The Balaban J connectivity index is 1.36. The van der Waals surface area contributed by atoms with E-state index in [1.54, 1.807) is 4.90 Å². The van der Waals surface area contributed by atoms with Crippen LogP contribution in [0.1, 0.15) is 56.5 Å². The number of piperazine rings is 1. The monoisotopic (exact) mass is 524 g/mol. The van der Waals surface area contributed by atoms with Gasteiger partial charge in [-0.15, -0.1) is 6.58 Å². The van der Waals surface area contributed by atoms with Gasteiger partial charge in [0.25, 0.3) is 0 Å². The lowest BCUT2D eigenvalue weighted by atomic mass is 9.84. The van der Waals surface area contributed by atoms with Gasteiger partial charge in [-0.3, -0.25) is 9.59 Å². The van der Waals surface area contributed by atoms with Crippen LogP contribution in [0.4, 0.5) is 5.69 Å². The second-order valence-corrected chi connectivity index (χ2v) is 12.0. The van der Waals surface area contributed by atoms with E-state index in [1.165, 1.54) is 5.57 Å². The van der Waals surface area contributed by atoms with Crippen molar-refractivity contribution in [1.29, 1.82) is 0 Å². The molecule has 0 saturated carbocycles. The minimum absolute atomic E-state index is 0.163. The molecule has 2 fully saturated rings. The Morgan fingerprint density at radius 2 is 1.92 bits per heavy atom. The van der Waals surface area contributed by atoms with Crippen LogP contribution in [0, 0.1) is 0 Å². The Bertz CT molecular complexity index is 1550. The van der Waals surface area contributed by atoms with E-state index >= 15 is 0 Å². The van der Waals surface area contributed by atoms with Crippen LogP contribution in [0.2, 0.25) is 0 Å². The molecule has 7 heteroatoms. The highest BCUT2D eigenvalue weighted by molar-refractivity contribution is 5.99. The summed E-state index contributed by atoms with van der Waals surface area (Å²) in [7, 11) is 0. The second kappa shape index (κ2) is 8.85. The highest BCUT2D eigenvalue weighted by Gasteiger charge is 2.62. The number of amides is 2. The van der Waals surface area contributed by atoms with Gasteiger partial charge in [-0.2, -0.15) is 0 Å². The molecular weight excluding hydrogens is 488 g/mol. The number of benzene rings is 2. The van der Waals surface area contributed by atoms with E-state index in [0.717, 1.165) is 45.4 Å². The molecule has 202 valence electrons. The number of allylic oxidation sites excluding steroid dienone is 3. The van der Waals surface area contributed by atoms with E-state index in [9.17, 15) is 14.7 Å². The molecule has 1 aromatic heterocycles. The lowest BCUT2D eigenvalue weighted by Crippen LogP contribution is -2.64. The standard InChI is InChI=1S/C32H36N4O3/c1-6-31(4,5)27-21(20-11-7-8-13-23(20)33-27)16-24-29(38)36-25(28(37)34-24)17-32(39)22-12-9-10-19(15-14-18(2)3)26(22)35-30(32)36/h6-14,24-25,30,33,35,39H,1,15-17H2,2-5H3,(H,34,37). The van der Waals surface area contributed by atoms with Crippen molar-refractivity contribution in [3.8, 4) is 0 Å². The number of carbonyl (C=O) groups is 2.